The van der Waals surface area contributed by atoms with Crippen molar-refractivity contribution in [3.63, 3.8) is 0 Å². The van der Waals surface area contributed by atoms with E-state index in [-0.39, 0.29) is 12.1 Å². The Hall–Kier alpha value is -2.14. The molecular formula is C20H16Cl3N3O. The van der Waals surface area contributed by atoms with Crippen molar-refractivity contribution in [2.75, 3.05) is 11.9 Å². The number of halogens is 3. The second-order valence-electron chi connectivity index (χ2n) is 6.33. The number of benzene rings is 2. The van der Waals surface area contributed by atoms with E-state index in [1.807, 2.05) is 47.5 Å². The molecule has 1 aliphatic heterocycles. The van der Waals surface area contributed by atoms with Crippen LogP contribution in [0.3, 0.4) is 0 Å². The summed E-state index contributed by atoms with van der Waals surface area (Å²) in [5, 5.41) is 4.43. The van der Waals surface area contributed by atoms with Crippen LogP contribution in [0.2, 0.25) is 15.1 Å². The molecule has 1 atom stereocenters. The summed E-state index contributed by atoms with van der Waals surface area (Å²) < 4.78 is 2.17. The van der Waals surface area contributed by atoms with Crippen LogP contribution in [-0.4, -0.2) is 22.0 Å². The number of fused-ring (bicyclic) bond motifs is 1. The van der Waals surface area contributed by atoms with Crippen molar-refractivity contribution in [2.24, 2.45) is 0 Å². The largest absolute Gasteiger partial charge is 0.348 e. The number of nitrogens with one attached hydrogen (secondary N) is 1. The van der Waals surface area contributed by atoms with Crippen LogP contribution in [0, 0.1) is 0 Å². The third kappa shape index (κ3) is 3.65. The number of hydrogen-bond donors (Lipinski definition) is 1. The van der Waals surface area contributed by atoms with E-state index in [0.717, 1.165) is 17.8 Å². The molecule has 2 heterocycles. The summed E-state index contributed by atoms with van der Waals surface area (Å²) in [4.78, 5) is 14.9. The first kappa shape index (κ1) is 18.2. The predicted octanol–water partition coefficient (Wildman–Crippen LogP) is 6.09. The van der Waals surface area contributed by atoms with Gasteiger partial charge in [0.1, 0.15) is 0 Å². The van der Waals surface area contributed by atoms with Gasteiger partial charge >= 0.3 is 6.03 Å². The lowest BCUT2D eigenvalue weighted by Crippen LogP contribution is -2.44. The average Bonchev–Trinajstić information content (AvgIpc) is 3.13. The second-order valence-corrected chi connectivity index (χ2v) is 7.58. The number of carbonyl (C=O) groups is 1. The van der Waals surface area contributed by atoms with E-state index in [4.69, 9.17) is 34.8 Å². The van der Waals surface area contributed by atoms with Crippen LogP contribution >= 0.6 is 34.8 Å². The Balaban J connectivity index is 1.66. The van der Waals surface area contributed by atoms with Crippen LogP contribution in [0.1, 0.15) is 17.3 Å². The number of amides is 2. The lowest BCUT2D eigenvalue weighted by atomic mass is 10.0. The standard InChI is InChI=1S/C20H16Cl3N3O/c21-14-5-3-13(4-6-14)19-18-2-1-9-25(18)10-11-26(19)20(27)24-15-7-8-16(22)17(23)12-15/h1-9,12,19H,10-11H2,(H,24,27). The van der Waals surface area contributed by atoms with Crippen LogP contribution in [0.5, 0.6) is 0 Å². The van der Waals surface area contributed by atoms with Gasteiger partial charge in [-0.15, -0.1) is 0 Å². The number of carbonyl (C=O) groups excluding carboxylic acids is 1. The van der Waals surface area contributed by atoms with Gasteiger partial charge in [0.05, 0.1) is 16.1 Å². The minimum Gasteiger partial charge on any atom is -0.348 e. The maximum Gasteiger partial charge on any atom is 0.322 e. The molecule has 1 aliphatic rings. The summed E-state index contributed by atoms with van der Waals surface area (Å²) in [5.41, 5.74) is 2.67. The maximum absolute atomic E-state index is 13.0. The first-order valence-corrected chi connectivity index (χ1v) is 9.59. The van der Waals surface area contributed by atoms with Crippen molar-refractivity contribution in [1.82, 2.24) is 9.47 Å². The van der Waals surface area contributed by atoms with Crippen molar-refractivity contribution in [1.29, 1.82) is 0 Å². The zero-order valence-electron chi connectivity index (χ0n) is 14.2. The van der Waals surface area contributed by atoms with E-state index >= 15 is 0 Å². The summed E-state index contributed by atoms with van der Waals surface area (Å²) in [6, 6.07) is 16.3. The first-order chi connectivity index (χ1) is 13.0. The van der Waals surface area contributed by atoms with E-state index in [9.17, 15) is 4.79 Å². The second kappa shape index (κ2) is 7.47. The molecule has 1 N–H and O–H groups in total. The van der Waals surface area contributed by atoms with E-state index in [1.54, 1.807) is 18.2 Å². The molecule has 1 aromatic heterocycles. The number of anilines is 1. The summed E-state index contributed by atoms with van der Waals surface area (Å²) in [5.74, 6) is 0. The third-order valence-electron chi connectivity index (χ3n) is 4.66. The maximum atomic E-state index is 13.0. The number of hydrogen-bond acceptors (Lipinski definition) is 1. The minimum atomic E-state index is -0.200. The monoisotopic (exact) mass is 419 g/mol. The number of nitrogens with zero attached hydrogens (tertiary/aromatic N) is 2. The van der Waals surface area contributed by atoms with Crippen molar-refractivity contribution >= 4 is 46.5 Å². The van der Waals surface area contributed by atoms with Crippen LogP contribution < -0.4 is 5.32 Å². The number of aromatic nitrogens is 1. The summed E-state index contributed by atoms with van der Waals surface area (Å²) in [6.07, 6.45) is 2.03. The van der Waals surface area contributed by atoms with Gasteiger partial charge in [-0.3, -0.25) is 0 Å². The highest BCUT2D eigenvalue weighted by Crippen LogP contribution is 2.34. The van der Waals surface area contributed by atoms with Crippen molar-refractivity contribution in [3.05, 3.63) is 87.1 Å². The Labute approximate surface area is 172 Å². The fourth-order valence-electron chi connectivity index (χ4n) is 3.37. The SMILES string of the molecule is O=C(Nc1ccc(Cl)c(Cl)c1)N1CCn2cccc2C1c1ccc(Cl)cc1. The van der Waals surface area contributed by atoms with Crippen molar-refractivity contribution in [2.45, 2.75) is 12.6 Å². The molecule has 0 aliphatic carbocycles. The van der Waals surface area contributed by atoms with Crippen molar-refractivity contribution < 1.29 is 4.79 Å². The normalized spacial score (nSPS) is 16.1. The Morgan fingerprint density at radius 1 is 0.963 bits per heavy atom. The lowest BCUT2D eigenvalue weighted by Gasteiger charge is -2.37. The molecule has 0 saturated heterocycles. The van der Waals surface area contributed by atoms with Crippen molar-refractivity contribution in [3.8, 4) is 0 Å². The van der Waals surface area contributed by atoms with Gasteiger partial charge in [-0.1, -0.05) is 46.9 Å². The Morgan fingerprint density at radius 3 is 2.48 bits per heavy atom. The fourth-order valence-corrected chi connectivity index (χ4v) is 3.79. The number of rotatable bonds is 2. The molecule has 27 heavy (non-hydrogen) atoms. The Kier molecular flexibility index (Phi) is 5.04. The quantitative estimate of drug-likeness (QED) is 0.535. The fraction of sp³-hybridized carbons (Fsp3) is 0.150. The third-order valence-corrected chi connectivity index (χ3v) is 5.65. The van der Waals surface area contributed by atoms with Gasteiger partial charge in [-0.25, -0.2) is 4.79 Å². The molecule has 1 unspecified atom stereocenters. The molecule has 0 spiro atoms. The van der Waals surface area contributed by atoms with Gasteiger partial charge in [0, 0.05) is 35.7 Å². The zero-order chi connectivity index (χ0) is 19.0. The molecule has 4 rings (SSSR count). The van der Waals surface area contributed by atoms with E-state index in [0.29, 0.717) is 27.3 Å². The molecule has 7 heteroatoms. The molecular weight excluding hydrogens is 405 g/mol. The Morgan fingerprint density at radius 2 is 1.74 bits per heavy atom. The predicted molar refractivity (Wildman–Crippen MR) is 110 cm³/mol. The van der Waals surface area contributed by atoms with Crippen LogP contribution in [-0.2, 0) is 6.54 Å². The van der Waals surface area contributed by atoms with Gasteiger partial charge in [-0.2, -0.15) is 0 Å². The highest BCUT2D eigenvalue weighted by molar-refractivity contribution is 6.42. The summed E-state index contributed by atoms with van der Waals surface area (Å²) >= 11 is 18.1. The lowest BCUT2D eigenvalue weighted by molar-refractivity contribution is 0.182. The summed E-state index contributed by atoms with van der Waals surface area (Å²) in [7, 11) is 0. The number of urea groups is 1. The van der Waals surface area contributed by atoms with Gasteiger partial charge in [-0.05, 0) is 48.0 Å². The van der Waals surface area contributed by atoms with E-state index in [1.165, 1.54) is 0 Å². The first-order valence-electron chi connectivity index (χ1n) is 8.46. The topological polar surface area (TPSA) is 37.3 Å². The molecule has 2 amide bonds. The smallest absolute Gasteiger partial charge is 0.322 e. The molecule has 0 saturated carbocycles. The highest BCUT2D eigenvalue weighted by Gasteiger charge is 2.32. The molecule has 0 fully saturated rings. The van der Waals surface area contributed by atoms with E-state index in [2.05, 4.69) is 9.88 Å². The Bertz CT molecular complexity index is 984. The average molecular weight is 421 g/mol. The molecule has 0 bridgehead atoms. The molecule has 2 aromatic carbocycles. The van der Waals surface area contributed by atoms with Crippen LogP contribution in [0.4, 0.5) is 10.5 Å². The molecule has 4 nitrogen and oxygen atoms in total. The van der Waals surface area contributed by atoms with Crippen LogP contribution in [0.25, 0.3) is 0 Å². The minimum absolute atomic E-state index is 0.194. The van der Waals surface area contributed by atoms with Gasteiger partial charge in [0.15, 0.2) is 0 Å². The molecule has 138 valence electrons. The van der Waals surface area contributed by atoms with Gasteiger partial charge in [0.2, 0.25) is 0 Å². The van der Waals surface area contributed by atoms with Gasteiger partial charge in [0.25, 0.3) is 0 Å². The summed E-state index contributed by atoms with van der Waals surface area (Å²) in [6.45, 7) is 1.32. The molecule has 0 radical (unpaired) electrons. The molecule has 3 aromatic rings. The zero-order valence-corrected chi connectivity index (χ0v) is 16.5. The van der Waals surface area contributed by atoms with E-state index < -0.39 is 0 Å². The highest BCUT2D eigenvalue weighted by atomic mass is 35.5. The van der Waals surface area contributed by atoms with Gasteiger partial charge < -0.3 is 14.8 Å². The van der Waals surface area contributed by atoms with Crippen LogP contribution in [0.15, 0.2) is 60.8 Å².